The summed E-state index contributed by atoms with van der Waals surface area (Å²) in [4.78, 5) is 0. The third-order valence-corrected chi connectivity index (χ3v) is 7.39. The van der Waals surface area contributed by atoms with E-state index in [4.69, 9.17) is 23.1 Å². The van der Waals surface area contributed by atoms with Gasteiger partial charge in [0.25, 0.3) is 0 Å². The Bertz CT molecular complexity index is 1430. The number of hydrogen-bond acceptors (Lipinski definition) is 7. The van der Waals surface area contributed by atoms with Crippen molar-refractivity contribution in [1.82, 2.24) is 4.31 Å². The molecule has 0 saturated heterocycles. The van der Waals surface area contributed by atoms with Gasteiger partial charge >= 0.3 is 10.3 Å². The molecule has 0 aliphatic rings. The van der Waals surface area contributed by atoms with Gasteiger partial charge in [-0.25, -0.2) is 0 Å². The maximum Gasteiger partial charge on any atom is 0.385 e. The first-order chi connectivity index (χ1) is 18.9. The van der Waals surface area contributed by atoms with Gasteiger partial charge in [0.15, 0.2) is 23.0 Å². The standard InChI is InChI=1S/C30H31NO7S/c1-34-27-16-10-22(18-29(27)36-3)20-31(21-23-11-17-28(35-2)30(19-23)37-4)39(32,33)38-26-14-12-25(13-15-26)24-8-6-5-7-9-24/h5-19H,20-21H2,1-4H3. The Morgan fingerprint density at radius 3 is 1.49 bits per heavy atom. The van der Waals surface area contributed by atoms with E-state index in [-0.39, 0.29) is 18.8 Å². The highest BCUT2D eigenvalue weighted by molar-refractivity contribution is 7.84. The van der Waals surface area contributed by atoms with Gasteiger partial charge in [0.2, 0.25) is 0 Å². The summed E-state index contributed by atoms with van der Waals surface area (Å²) in [6.07, 6.45) is 0. The minimum absolute atomic E-state index is 0.0269. The van der Waals surface area contributed by atoms with Crippen LogP contribution >= 0.6 is 0 Å². The molecular weight excluding hydrogens is 518 g/mol. The minimum Gasteiger partial charge on any atom is -0.493 e. The predicted molar refractivity (Wildman–Crippen MR) is 150 cm³/mol. The van der Waals surface area contributed by atoms with Gasteiger partial charge in [0, 0.05) is 13.1 Å². The zero-order valence-electron chi connectivity index (χ0n) is 22.3. The quantitative estimate of drug-likeness (QED) is 0.224. The van der Waals surface area contributed by atoms with Crippen molar-refractivity contribution in [1.29, 1.82) is 0 Å². The summed E-state index contributed by atoms with van der Waals surface area (Å²) in [6.45, 7) is 0.0538. The molecule has 9 heteroatoms. The van der Waals surface area contributed by atoms with Crippen molar-refractivity contribution in [2.75, 3.05) is 28.4 Å². The van der Waals surface area contributed by atoms with Crippen molar-refractivity contribution in [2.24, 2.45) is 0 Å². The normalized spacial score (nSPS) is 11.2. The van der Waals surface area contributed by atoms with Gasteiger partial charge in [-0.15, -0.1) is 0 Å². The summed E-state index contributed by atoms with van der Waals surface area (Å²) in [6, 6.07) is 27.3. The fourth-order valence-corrected chi connectivity index (χ4v) is 5.16. The molecule has 0 N–H and O–H groups in total. The average molecular weight is 550 g/mol. The second kappa shape index (κ2) is 12.6. The lowest BCUT2D eigenvalue weighted by molar-refractivity contribution is 0.338. The number of nitrogens with zero attached hydrogens (tertiary/aromatic N) is 1. The molecular formula is C30H31NO7S. The lowest BCUT2D eigenvalue weighted by Gasteiger charge is -2.23. The van der Waals surface area contributed by atoms with Crippen molar-refractivity contribution < 1.29 is 31.5 Å². The number of benzene rings is 4. The van der Waals surface area contributed by atoms with Gasteiger partial charge in [-0.2, -0.15) is 12.7 Å². The van der Waals surface area contributed by atoms with Crippen LogP contribution in [0.1, 0.15) is 11.1 Å². The Labute approximate surface area is 229 Å². The van der Waals surface area contributed by atoms with Crippen molar-refractivity contribution >= 4 is 10.3 Å². The highest BCUT2D eigenvalue weighted by Crippen LogP contribution is 2.31. The van der Waals surface area contributed by atoms with Gasteiger partial charge in [0.1, 0.15) is 5.75 Å². The van der Waals surface area contributed by atoms with Crippen LogP contribution in [0.4, 0.5) is 0 Å². The number of methoxy groups -OCH3 is 4. The fraction of sp³-hybridized carbons (Fsp3) is 0.200. The van der Waals surface area contributed by atoms with E-state index in [0.29, 0.717) is 34.1 Å². The molecule has 0 fully saturated rings. The molecule has 0 aliphatic heterocycles. The van der Waals surface area contributed by atoms with Crippen molar-refractivity contribution in [3.63, 3.8) is 0 Å². The topological polar surface area (TPSA) is 83.5 Å². The fourth-order valence-electron chi connectivity index (χ4n) is 4.09. The Balaban J connectivity index is 1.64. The van der Waals surface area contributed by atoms with Gasteiger partial charge in [-0.05, 0) is 58.7 Å². The number of ether oxygens (including phenoxy) is 4. The highest BCUT2D eigenvalue weighted by atomic mass is 32.2. The second-order valence-corrected chi connectivity index (χ2v) is 10.1. The Morgan fingerprint density at radius 1 is 0.564 bits per heavy atom. The smallest absolute Gasteiger partial charge is 0.385 e. The van der Waals surface area contributed by atoms with Crippen LogP contribution < -0.4 is 23.1 Å². The Morgan fingerprint density at radius 2 is 1.03 bits per heavy atom. The summed E-state index contributed by atoms with van der Waals surface area (Å²) < 4.78 is 55.5. The van der Waals surface area contributed by atoms with E-state index in [0.717, 1.165) is 11.1 Å². The van der Waals surface area contributed by atoms with E-state index in [1.54, 1.807) is 62.8 Å². The second-order valence-electron chi connectivity index (χ2n) is 8.58. The molecule has 4 aromatic rings. The average Bonchev–Trinajstić information content (AvgIpc) is 2.97. The molecule has 0 aromatic heterocycles. The summed E-state index contributed by atoms with van der Waals surface area (Å²) in [7, 11) is 1.92. The maximum absolute atomic E-state index is 13.6. The van der Waals surface area contributed by atoms with Gasteiger partial charge in [0.05, 0.1) is 28.4 Å². The van der Waals surface area contributed by atoms with E-state index >= 15 is 0 Å². The Hall–Kier alpha value is -4.21. The largest absolute Gasteiger partial charge is 0.493 e. The maximum atomic E-state index is 13.6. The third kappa shape index (κ3) is 6.81. The lowest BCUT2D eigenvalue weighted by atomic mass is 10.1. The number of rotatable bonds is 12. The first-order valence-electron chi connectivity index (χ1n) is 12.1. The van der Waals surface area contributed by atoms with Gasteiger partial charge in [-0.1, -0.05) is 54.6 Å². The molecule has 0 spiro atoms. The molecule has 0 unspecified atom stereocenters. The first kappa shape index (κ1) is 27.8. The molecule has 0 saturated carbocycles. The summed E-state index contributed by atoms with van der Waals surface area (Å²) in [5.41, 5.74) is 3.36. The molecule has 8 nitrogen and oxygen atoms in total. The zero-order chi connectivity index (χ0) is 27.8. The summed E-state index contributed by atoms with van der Waals surface area (Å²) >= 11 is 0. The van der Waals surface area contributed by atoms with E-state index in [1.165, 1.54) is 18.5 Å². The SMILES string of the molecule is COc1ccc(CN(Cc2ccc(OC)c(OC)c2)S(=O)(=O)Oc2ccc(-c3ccccc3)cc2)cc1OC. The zero-order valence-corrected chi connectivity index (χ0v) is 23.1. The van der Waals surface area contributed by atoms with Crippen LogP contribution in [0.3, 0.4) is 0 Å². The van der Waals surface area contributed by atoms with Crippen LogP contribution in [-0.2, 0) is 23.4 Å². The van der Waals surface area contributed by atoms with Crippen LogP contribution in [0.25, 0.3) is 11.1 Å². The molecule has 39 heavy (non-hydrogen) atoms. The van der Waals surface area contributed by atoms with Gasteiger partial charge in [-0.3, -0.25) is 0 Å². The predicted octanol–water partition coefficient (Wildman–Crippen LogP) is 5.71. The highest BCUT2D eigenvalue weighted by Gasteiger charge is 2.26. The number of hydrogen-bond donors (Lipinski definition) is 0. The first-order valence-corrected chi connectivity index (χ1v) is 13.5. The molecule has 0 radical (unpaired) electrons. The van der Waals surface area contributed by atoms with E-state index in [2.05, 4.69) is 0 Å². The molecule has 4 aromatic carbocycles. The molecule has 0 amide bonds. The Kier molecular flexibility index (Phi) is 8.96. The van der Waals surface area contributed by atoms with Crippen molar-refractivity contribution in [3.05, 3.63) is 102 Å². The molecule has 0 atom stereocenters. The van der Waals surface area contributed by atoms with Gasteiger partial charge < -0.3 is 23.1 Å². The van der Waals surface area contributed by atoms with Crippen LogP contribution in [-0.4, -0.2) is 41.2 Å². The molecule has 0 aliphatic carbocycles. The van der Waals surface area contributed by atoms with E-state index in [9.17, 15) is 8.42 Å². The third-order valence-electron chi connectivity index (χ3n) is 6.09. The van der Waals surface area contributed by atoms with Crippen LogP contribution in [0.2, 0.25) is 0 Å². The van der Waals surface area contributed by atoms with E-state index < -0.39 is 10.3 Å². The van der Waals surface area contributed by atoms with Crippen molar-refractivity contribution in [3.8, 4) is 39.9 Å². The molecule has 0 bridgehead atoms. The molecule has 204 valence electrons. The minimum atomic E-state index is -4.23. The lowest BCUT2D eigenvalue weighted by Crippen LogP contribution is -2.33. The van der Waals surface area contributed by atoms with Crippen LogP contribution in [0, 0.1) is 0 Å². The van der Waals surface area contributed by atoms with Crippen molar-refractivity contribution in [2.45, 2.75) is 13.1 Å². The summed E-state index contributed by atoms with van der Waals surface area (Å²) in [5, 5.41) is 0. The molecule has 0 heterocycles. The van der Waals surface area contributed by atoms with Crippen LogP contribution in [0.15, 0.2) is 91.0 Å². The van der Waals surface area contributed by atoms with E-state index in [1.807, 2.05) is 42.5 Å². The monoisotopic (exact) mass is 549 g/mol. The van der Waals surface area contributed by atoms with Crippen LogP contribution in [0.5, 0.6) is 28.7 Å². The molecule has 4 rings (SSSR count). The summed E-state index contributed by atoms with van der Waals surface area (Å²) in [5.74, 6) is 2.29.